The van der Waals surface area contributed by atoms with Crippen LogP contribution in [-0.2, 0) is 6.54 Å². The van der Waals surface area contributed by atoms with Crippen LogP contribution in [0.15, 0.2) is 23.6 Å². The molecule has 1 fully saturated rings. The van der Waals surface area contributed by atoms with Crippen molar-refractivity contribution in [3.63, 3.8) is 0 Å². The molecule has 1 aliphatic carbocycles. The van der Waals surface area contributed by atoms with Crippen LogP contribution < -0.4 is 5.32 Å². The zero-order chi connectivity index (χ0) is 17.6. The van der Waals surface area contributed by atoms with Crippen molar-refractivity contribution >= 4 is 28.7 Å². The Morgan fingerprint density at radius 1 is 1.28 bits per heavy atom. The summed E-state index contributed by atoms with van der Waals surface area (Å²) in [5.41, 5.74) is 1.62. The Morgan fingerprint density at radius 3 is 2.80 bits per heavy atom. The quantitative estimate of drug-likeness (QED) is 0.554. The minimum absolute atomic E-state index is 0.0142. The molecule has 0 saturated heterocycles. The molecule has 0 amide bonds. The summed E-state index contributed by atoms with van der Waals surface area (Å²) in [4.78, 5) is 13.3. The number of halogens is 2. The highest BCUT2D eigenvalue weighted by Gasteiger charge is 2.24. The molecule has 0 bridgehead atoms. The molecule has 1 aromatic carbocycles. The molecule has 2 aromatic heterocycles. The third kappa shape index (κ3) is 3.06. The molecule has 5 nitrogen and oxygen atoms in total. The standard InChI is InChI=1S/C17H17F2N5S/c1-9-3-6-12(18)11(13(9)19)7-24-8-20-14-15(21-10-4-5-10)22-17(25-2)23-16(14)24/h3,6,8,10H,4-5,7H2,1-2H3,(H,21,22,23). The molecule has 3 aromatic rings. The van der Waals surface area contributed by atoms with E-state index in [0.717, 1.165) is 12.8 Å². The molecule has 1 saturated carbocycles. The lowest BCUT2D eigenvalue weighted by molar-refractivity contribution is 0.540. The van der Waals surface area contributed by atoms with Crippen LogP contribution in [0.25, 0.3) is 11.2 Å². The summed E-state index contributed by atoms with van der Waals surface area (Å²) in [5, 5.41) is 3.95. The van der Waals surface area contributed by atoms with E-state index in [1.807, 2.05) is 6.26 Å². The van der Waals surface area contributed by atoms with Crippen molar-refractivity contribution in [3.8, 4) is 0 Å². The molecule has 4 rings (SSSR count). The lowest BCUT2D eigenvalue weighted by Crippen LogP contribution is -2.08. The summed E-state index contributed by atoms with van der Waals surface area (Å²) in [5.74, 6) is -0.418. The molecule has 0 spiro atoms. The van der Waals surface area contributed by atoms with Crippen LogP contribution in [-0.4, -0.2) is 31.8 Å². The van der Waals surface area contributed by atoms with Gasteiger partial charge in [-0.3, -0.25) is 0 Å². The molecule has 2 heterocycles. The van der Waals surface area contributed by atoms with Gasteiger partial charge >= 0.3 is 0 Å². The zero-order valence-corrected chi connectivity index (χ0v) is 14.7. The molecule has 0 radical (unpaired) electrons. The number of aromatic nitrogens is 4. The van der Waals surface area contributed by atoms with E-state index in [1.54, 1.807) is 17.8 Å². The van der Waals surface area contributed by atoms with Crippen LogP contribution in [0.3, 0.4) is 0 Å². The first kappa shape index (κ1) is 16.3. The van der Waals surface area contributed by atoms with Crippen LogP contribution >= 0.6 is 11.8 Å². The Labute approximate surface area is 147 Å². The first-order chi connectivity index (χ1) is 12.1. The van der Waals surface area contributed by atoms with E-state index in [4.69, 9.17) is 0 Å². The third-order valence-corrected chi connectivity index (χ3v) is 4.80. The smallest absolute Gasteiger partial charge is 0.191 e. The number of rotatable bonds is 5. The molecule has 0 aliphatic heterocycles. The SMILES string of the molecule is CSc1nc(NC2CC2)c2ncn(Cc3c(F)ccc(C)c3F)c2n1. The van der Waals surface area contributed by atoms with Gasteiger partial charge in [0.2, 0.25) is 0 Å². The van der Waals surface area contributed by atoms with E-state index in [2.05, 4.69) is 20.3 Å². The Kier molecular flexibility index (Phi) is 4.07. The first-order valence-electron chi connectivity index (χ1n) is 8.03. The number of anilines is 1. The van der Waals surface area contributed by atoms with Crippen molar-refractivity contribution in [1.29, 1.82) is 0 Å². The van der Waals surface area contributed by atoms with Crippen LogP contribution in [0.2, 0.25) is 0 Å². The molecular formula is C17H17F2N5S. The van der Waals surface area contributed by atoms with Gasteiger partial charge in [-0.05, 0) is 37.7 Å². The number of benzene rings is 1. The summed E-state index contributed by atoms with van der Waals surface area (Å²) in [6, 6.07) is 3.14. The van der Waals surface area contributed by atoms with Gasteiger partial charge in [0.1, 0.15) is 11.6 Å². The topological polar surface area (TPSA) is 55.6 Å². The summed E-state index contributed by atoms with van der Waals surface area (Å²) in [6.07, 6.45) is 5.67. The number of nitrogens with zero attached hydrogens (tertiary/aromatic N) is 4. The van der Waals surface area contributed by atoms with E-state index in [-0.39, 0.29) is 12.1 Å². The maximum atomic E-state index is 14.3. The van der Waals surface area contributed by atoms with Gasteiger partial charge < -0.3 is 9.88 Å². The number of hydrogen-bond donors (Lipinski definition) is 1. The first-order valence-corrected chi connectivity index (χ1v) is 9.26. The number of nitrogens with one attached hydrogen (secondary N) is 1. The van der Waals surface area contributed by atoms with E-state index in [9.17, 15) is 8.78 Å². The molecule has 0 atom stereocenters. The van der Waals surface area contributed by atoms with Gasteiger partial charge in [0.15, 0.2) is 22.1 Å². The second-order valence-corrected chi connectivity index (χ2v) is 6.95. The van der Waals surface area contributed by atoms with Gasteiger partial charge in [0, 0.05) is 11.6 Å². The highest BCUT2D eigenvalue weighted by atomic mass is 32.2. The van der Waals surface area contributed by atoms with Crippen molar-refractivity contribution < 1.29 is 8.78 Å². The largest absolute Gasteiger partial charge is 0.365 e. The fourth-order valence-corrected chi connectivity index (χ4v) is 3.04. The lowest BCUT2D eigenvalue weighted by atomic mass is 10.1. The zero-order valence-electron chi connectivity index (χ0n) is 13.9. The van der Waals surface area contributed by atoms with Crippen LogP contribution in [0.5, 0.6) is 0 Å². The van der Waals surface area contributed by atoms with Gasteiger partial charge in [-0.15, -0.1) is 0 Å². The predicted molar refractivity (Wildman–Crippen MR) is 93.9 cm³/mol. The van der Waals surface area contributed by atoms with Gasteiger partial charge in [0.25, 0.3) is 0 Å². The fraction of sp³-hybridized carbons (Fsp3) is 0.353. The van der Waals surface area contributed by atoms with Crippen molar-refractivity contribution in [2.45, 2.75) is 37.5 Å². The third-order valence-electron chi connectivity index (χ3n) is 4.25. The monoisotopic (exact) mass is 361 g/mol. The Hall–Kier alpha value is -2.22. The van der Waals surface area contributed by atoms with Crippen molar-refractivity contribution in [2.24, 2.45) is 0 Å². The molecule has 0 unspecified atom stereocenters. The van der Waals surface area contributed by atoms with Crippen molar-refractivity contribution in [3.05, 3.63) is 41.2 Å². The Morgan fingerprint density at radius 2 is 2.08 bits per heavy atom. The van der Waals surface area contributed by atoms with E-state index in [1.165, 1.54) is 23.9 Å². The minimum atomic E-state index is -0.569. The van der Waals surface area contributed by atoms with Gasteiger partial charge in [-0.2, -0.15) is 0 Å². The van der Waals surface area contributed by atoms with Crippen LogP contribution in [0.1, 0.15) is 24.0 Å². The lowest BCUT2D eigenvalue weighted by Gasteiger charge is -2.10. The number of fused-ring (bicyclic) bond motifs is 1. The second-order valence-electron chi connectivity index (χ2n) is 6.18. The average molecular weight is 361 g/mol. The Balaban J connectivity index is 1.79. The molecule has 25 heavy (non-hydrogen) atoms. The molecular weight excluding hydrogens is 344 g/mol. The number of thioether (sulfide) groups is 1. The van der Waals surface area contributed by atoms with Gasteiger partial charge in [-0.1, -0.05) is 17.8 Å². The molecule has 1 aliphatic rings. The van der Waals surface area contributed by atoms with Crippen LogP contribution in [0, 0.1) is 18.6 Å². The molecule has 8 heteroatoms. The maximum Gasteiger partial charge on any atom is 0.191 e. The highest BCUT2D eigenvalue weighted by molar-refractivity contribution is 7.98. The number of hydrogen-bond acceptors (Lipinski definition) is 5. The fourth-order valence-electron chi connectivity index (χ4n) is 2.68. The van der Waals surface area contributed by atoms with Gasteiger partial charge in [0.05, 0.1) is 12.9 Å². The summed E-state index contributed by atoms with van der Waals surface area (Å²) >= 11 is 1.42. The van der Waals surface area contributed by atoms with Crippen molar-refractivity contribution in [1.82, 2.24) is 19.5 Å². The molecule has 1 N–H and O–H groups in total. The normalized spacial score (nSPS) is 14.2. The predicted octanol–water partition coefficient (Wildman–Crippen LogP) is 3.76. The maximum absolute atomic E-state index is 14.3. The number of imidazole rings is 1. The highest BCUT2D eigenvalue weighted by Crippen LogP contribution is 2.29. The van der Waals surface area contributed by atoms with Crippen LogP contribution in [0.4, 0.5) is 14.6 Å². The summed E-state index contributed by atoms with van der Waals surface area (Å²) in [6.45, 7) is 1.65. The van der Waals surface area contributed by atoms with Gasteiger partial charge in [-0.25, -0.2) is 23.7 Å². The summed E-state index contributed by atoms with van der Waals surface area (Å²) in [7, 11) is 0. The average Bonchev–Trinajstić information content (AvgIpc) is 3.33. The Bertz CT molecular complexity index is 952. The van der Waals surface area contributed by atoms with E-state index in [0.29, 0.717) is 33.7 Å². The second kappa shape index (κ2) is 6.25. The summed E-state index contributed by atoms with van der Waals surface area (Å²) < 4.78 is 30.1. The van der Waals surface area contributed by atoms with E-state index >= 15 is 0 Å². The molecule has 130 valence electrons. The number of aryl methyl sites for hydroxylation is 1. The van der Waals surface area contributed by atoms with Crippen molar-refractivity contribution in [2.75, 3.05) is 11.6 Å². The minimum Gasteiger partial charge on any atom is -0.365 e. The van der Waals surface area contributed by atoms with E-state index < -0.39 is 11.6 Å².